The van der Waals surface area contributed by atoms with Gasteiger partial charge in [0.15, 0.2) is 5.13 Å². The molecule has 2 fully saturated rings. The number of halogens is 3. The maximum Gasteiger partial charge on any atom is 0.418 e. The number of fused-ring (bicyclic) bond motifs is 1. The predicted molar refractivity (Wildman–Crippen MR) is 96.9 cm³/mol. The van der Waals surface area contributed by atoms with E-state index in [0.717, 1.165) is 18.9 Å². The van der Waals surface area contributed by atoms with Crippen molar-refractivity contribution in [2.24, 2.45) is 5.92 Å². The van der Waals surface area contributed by atoms with E-state index < -0.39 is 11.7 Å². The minimum absolute atomic E-state index is 0.0138. The molecule has 1 atom stereocenters. The average molecular weight is 399 g/mol. The number of benzene rings is 1. The summed E-state index contributed by atoms with van der Waals surface area (Å²) in [6.45, 7) is 2.42. The lowest BCUT2D eigenvalue weighted by Gasteiger charge is -2.24. The van der Waals surface area contributed by atoms with Crippen LogP contribution in [0.2, 0.25) is 0 Å². The molecule has 1 N–H and O–H groups in total. The number of ether oxygens (including phenoxy) is 1. The SMILES string of the molecule is O=C(NC1CCOCC1)C1CCN(c2nc3c(C(F)(F)F)cccc3s2)C1. The number of hydrogen-bond acceptors (Lipinski definition) is 5. The molecule has 1 aromatic carbocycles. The molecule has 9 heteroatoms. The van der Waals surface area contributed by atoms with Gasteiger partial charge in [-0.25, -0.2) is 4.98 Å². The highest BCUT2D eigenvalue weighted by Crippen LogP contribution is 2.39. The number of carbonyl (C=O) groups excluding carboxylic acids is 1. The van der Waals surface area contributed by atoms with Crippen LogP contribution < -0.4 is 10.2 Å². The second-order valence-corrected chi connectivity index (χ2v) is 7.98. The first kappa shape index (κ1) is 18.5. The van der Waals surface area contributed by atoms with Gasteiger partial charge in [-0.3, -0.25) is 4.79 Å². The zero-order valence-electron chi connectivity index (χ0n) is 14.6. The van der Waals surface area contributed by atoms with Crippen molar-refractivity contribution in [1.82, 2.24) is 10.3 Å². The molecule has 0 bridgehead atoms. The van der Waals surface area contributed by atoms with E-state index in [9.17, 15) is 18.0 Å². The highest BCUT2D eigenvalue weighted by Gasteiger charge is 2.35. The van der Waals surface area contributed by atoms with Gasteiger partial charge >= 0.3 is 6.18 Å². The van der Waals surface area contributed by atoms with E-state index in [4.69, 9.17) is 4.74 Å². The number of amides is 1. The molecule has 4 rings (SSSR count). The van der Waals surface area contributed by atoms with Gasteiger partial charge in [0, 0.05) is 32.3 Å². The fourth-order valence-electron chi connectivity index (χ4n) is 3.61. The number of alkyl halides is 3. The van der Waals surface area contributed by atoms with Crippen molar-refractivity contribution < 1.29 is 22.7 Å². The third-order valence-corrected chi connectivity index (χ3v) is 6.19. The topological polar surface area (TPSA) is 54.5 Å². The summed E-state index contributed by atoms with van der Waals surface area (Å²) in [7, 11) is 0. The summed E-state index contributed by atoms with van der Waals surface area (Å²) >= 11 is 1.24. The van der Waals surface area contributed by atoms with Crippen LogP contribution >= 0.6 is 11.3 Å². The van der Waals surface area contributed by atoms with Gasteiger partial charge in [0.2, 0.25) is 5.91 Å². The second kappa shape index (κ2) is 7.27. The predicted octanol–water partition coefficient (Wildman–Crippen LogP) is 3.44. The number of rotatable bonds is 3. The third kappa shape index (κ3) is 3.89. The first-order chi connectivity index (χ1) is 12.9. The van der Waals surface area contributed by atoms with E-state index in [1.165, 1.54) is 17.4 Å². The van der Waals surface area contributed by atoms with Crippen LogP contribution in [0.5, 0.6) is 0 Å². The Morgan fingerprint density at radius 2 is 2.04 bits per heavy atom. The minimum Gasteiger partial charge on any atom is -0.381 e. The van der Waals surface area contributed by atoms with Crippen molar-refractivity contribution in [1.29, 1.82) is 0 Å². The summed E-state index contributed by atoms with van der Waals surface area (Å²) in [5, 5.41) is 3.62. The first-order valence-corrected chi connectivity index (χ1v) is 9.83. The molecule has 0 spiro atoms. The molecule has 146 valence electrons. The molecule has 0 radical (unpaired) electrons. The summed E-state index contributed by atoms with van der Waals surface area (Å²) < 4.78 is 45.4. The Morgan fingerprint density at radius 3 is 2.78 bits per heavy atom. The van der Waals surface area contributed by atoms with Crippen LogP contribution in [0.25, 0.3) is 10.2 Å². The van der Waals surface area contributed by atoms with Gasteiger partial charge in [-0.15, -0.1) is 0 Å². The molecular weight excluding hydrogens is 379 g/mol. The lowest BCUT2D eigenvalue weighted by atomic mass is 10.1. The number of thiazole rings is 1. The molecular formula is C18H20F3N3O2S. The zero-order chi connectivity index (χ0) is 19.0. The fraction of sp³-hybridized carbons (Fsp3) is 0.556. The standard InChI is InChI=1S/C18H20F3N3O2S/c19-18(20,21)13-2-1-3-14-15(13)23-17(27-14)24-7-4-11(10-24)16(25)22-12-5-8-26-9-6-12/h1-3,11-12H,4-10H2,(H,22,25). The van der Waals surface area contributed by atoms with Gasteiger partial charge < -0.3 is 15.0 Å². The van der Waals surface area contributed by atoms with Crippen LogP contribution in [-0.2, 0) is 15.7 Å². The van der Waals surface area contributed by atoms with Crippen molar-refractivity contribution in [2.45, 2.75) is 31.5 Å². The van der Waals surface area contributed by atoms with Crippen LogP contribution in [-0.4, -0.2) is 43.2 Å². The van der Waals surface area contributed by atoms with Gasteiger partial charge in [-0.05, 0) is 31.4 Å². The van der Waals surface area contributed by atoms with E-state index in [2.05, 4.69) is 10.3 Å². The number of hydrogen-bond donors (Lipinski definition) is 1. The number of para-hydroxylation sites is 1. The molecule has 27 heavy (non-hydrogen) atoms. The van der Waals surface area contributed by atoms with Crippen LogP contribution in [0.1, 0.15) is 24.8 Å². The van der Waals surface area contributed by atoms with Crippen molar-refractivity contribution in [3.05, 3.63) is 23.8 Å². The van der Waals surface area contributed by atoms with Crippen molar-refractivity contribution in [2.75, 3.05) is 31.2 Å². The summed E-state index contributed by atoms with van der Waals surface area (Å²) in [6, 6.07) is 4.26. The zero-order valence-corrected chi connectivity index (χ0v) is 15.4. The van der Waals surface area contributed by atoms with Gasteiger partial charge in [0.25, 0.3) is 0 Å². The maximum absolute atomic E-state index is 13.2. The Labute approximate surface area is 158 Å². The number of nitrogens with one attached hydrogen (secondary N) is 1. The maximum atomic E-state index is 13.2. The summed E-state index contributed by atoms with van der Waals surface area (Å²) in [6.07, 6.45) is -2.11. The highest BCUT2D eigenvalue weighted by molar-refractivity contribution is 7.22. The van der Waals surface area contributed by atoms with E-state index in [-0.39, 0.29) is 23.4 Å². The summed E-state index contributed by atoms with van der Waals surface area (Å²) in [4.78, 5) is 18.7. The normalized spacial score (nSPS) is 21.7. The van der Waals surface area contributed by atoms with E-state index in [1.54, 1.807) is 6.07 Å². The molecule has 0 aliphatic carbocycles. The van der Waals surface area contributed by atoms with Crippen LogP contribution in [0.3, 0.4) is 0 Å². The van der Waals surface area contributed by atoms with Crippen LogP contribution in [0.4, 0.5) is 18.3 Å². The Morgan fingerprint density at radius 1 is 1.26 bits per heavy atom. The highest BCUT2D eigenvalue weighted by atomic mass is 32.1. The second-order valence-electron chi connectivity index (χ2n) is 6.97. The number of aromatic nitrogens is 1. The lowest BCUT2D eigenvalue weighted by molar-refractivity contribution is -0.136. The molecule has 1 unspecified atom stereocenters. The largest absolute Gasteiger partial charge is 0.418 e. The number of carbonyl (C=O) groups is 1. The smallest absolute Gasteiger partial charge is 0.381 e. The van der Waals surface area contributed by atoms with Gasteiger partial charge in [0.05, 0.1) is 21.7 Å². The van der Waals surface area contributed by atoms with E-state index >= 15 is 0 Å². The van der Waals surface area contributed by atoms with Gasteiger partial charge in [0.1, 0.15) is 0 Å². The fourth-order valence-corrected chi connectivity index (χ4v) is 4.64. The van der Waals surface area contributed by atoms with Gasteiger partial charge in [-0.2, -0.15) is 13.2 Å². The van der Waals surface area contributed by atoms with Crippen molar-refractivity contribution in [3.63, 3.8) is 0 Å². The monoisotopic (exact) mass is 399 g/mol. The molecule has 3 heterocycles. The molecule has 1 amide bonds. The van der Waals surface area contributed by atoms with Crippen LogP contribution in [0, 0.1) is 5.92 Å². The molecule has 1 aromatic heterocycles. The molecule has 2 aliphatic heterocycles. The third-order valence-electron chi connectivity index (χ3n) is 5.11. The molecule has 2 saturated heterocycles. The summed E-state index contributed by atoms with van der Waals surface area (Å²) in [5.74, 6) is -0.150. The van der Waals surface area contributed by atoms with Crippen molar-refractivity contribution >= 4 is 32.6 Å². The van der Waals surface area contributed by atoms with Gasteiger partial charge in [-0.1, -0.05) is 17.4 Å². The summed E-state index contributed by atoms with van der Waals surface area (Å²) in [5.41, 5.74) is -0.726. The van der Waals surface area contributed by atoms with E-state index in [0.29, 0.717) is 42.6 Å². The Kier molecular flexibility index (Phi) is 4.98. The number of anilines is 1. The molecule has 2 aromatic rings. The van der Waals surface area contributed by atoms with Crippen LogP contribution in [0.15, 0.2) is 18.2 Å². The molecule has 5 nitrogen and oxygen atoms in total. The molecule has 0 saturated carbocycles. The Bertz CT molecular complexity index is 833. The Hall–Kier alpha value is -1.87. The Balaban J connectivity index is 1.46. The average Bonchev–Trinajstić information content (AvgIpc) is 3.28. The quantitative estimate of drug-likeness (QED) is 0.859. The minimum atomic E-state index is -4.43. The first-order valence-electron chi connectivity index (χ1n) is 9.01. The molecule has 2 aliphatic rings. The van der Waals surface area contributed by atoms with E-state index in [1.807, 2.05) is 4.90 Å². The van der Waals surface area contributed by atoms with Crippen molar-refractivity contribution in [3.8, 4) is 0 Å². The number of nitrogens with zero attached hydrogens (tertiary/aromatic N) is 2. The lowest BCUT2D eigenvalue weighted by Crippen LogP contribution is -2.42.